The molecule has 72 valence electrons. The number of hydrogen-bond acceptors (Lipinski definition) is 3. The second kappa shape index (κ2) is 3.48. The first-order chi connectivity index (χ1) is 6.25. The zero-order valence-corrected chi connectivity index (χ0v) is 7.62. The zero-order valence-electron chi connectivity index (χ0n) is 7.62. The van der Waals surface area contributed by atoms with Crippen LogP contribution in [0.1, 0.15) is 32.1 Å². The van der Waals surface area contributed by atoms with Crippen LogP contribution in [0.15, 0.2) is 0 Å². The second-order valence-electron chi connectivity index (χ2n) is 4.04. The first kappa shape index (κ1) is 8.73. The van der Waals surface area contributed by atoms with E-state index in [0.717, 1.165) is 12.8 Å². The van der Waals surface area contributed by atoms with Gasteiger partial charge < -0.3 is 4.74 Å². The van der Waals surface area contributed by atoms with E-state index < -0.39 is 0 Å². The van der Waals surface area contributed by atoms with Gasteiger partial charge in [0.05, 0.1) is 6.61 Å². The van der Waals surface area contributed by atoms with Crippen molar-refractivity contribution in [3.05, 3.63) is 0 Å². The maximum atomic E-state index is 11.2. The lowest BCUT2D eigenvalue weighted by Gasteiger charge is -2.01. The van der Waals surface area contributed by atoms with Gasteiger partial charge in [-0.25, -0.2) is 0 Å². The third-order valence-corrected chi connectivity index (χ3v) is 2.53. The van der Waals surface area contributed by atoms with Gasteiger partial charge in [-0.2, -0.15) is 0 Å². The van der Waals surface area contributed by atoms with Crippen molar-refractivity contribution in [1.29, 1.82) is 0 Å². The Morgan fingerprint density at radius 1 is 1.15 bits per heavy atom. The van der Waals surface area contributed by atoms with Crippen LogP contribution in [0.5, 0.6) is 0 Å². The highest BCUT2D eigenvalue weighted by atomic mass is 16.5. The number of carbonyl (C=O) groups excluding carboxylic acids is 2. The van der Waals surface area contributed by atoms with Crippen LogP contribution in [0, 0.1) is 11.8 Å². The van der Waals surface area contributed by atoms with Crippen LogP contribution >= 0.6 is 0 Å². The number of carbonyl (C=O) groups is 2. The summed E-state index contributed by atoms with van der Waals surface area (Å²) in [5.74, 6) is 0.498. The van der Waals surface area contributed by atoms with E-state index in [1.54, 1.807) is 0 Å². The summed E-state index contributed by atoms with van der Waals surface area (Å²) in [5.41, 5.74) is 0. The van der Waals surface area contributed by atoms with Crippen molar-refractivity contribution in [1.82, 2.24) is 0 Å². The van der Waals surface area contributed by atoms with Crippen molar-refractivity contribution >= 4 is 11.8 Å². The molecule has 13 heavy (non-hydrogen) atoms. The van der Waals surface area contributed by atoms with Gasteiger partial charge in [0, 0.05) is 5.92 Å². The van der Waals surface area contributed by atoms with Crippen LogP contribution in [-0.4, -0.2) is 18.4 Å². The Hall–Kier alpha value is -0.860. The molecule has 0 heterocycles. The van der Waals surface area contributed by atoms with Crippen molar-refractivity contribution in [3.8, 4) is 0 Å². The smallest absolute Gasteiger partial charge is 0.313 e. The standard InChI is InChI=1S/C10H14O3/c11-9(8-3-4-8)5-10(12)13-6-7-1-2-7/h7-8H,1-6H2. The first-order valence-electron chi connectivity index (χ1n) is 4.94. The fourth-order valence-electron chi connectivity index (χ4n) is 1.24. The van der Waals surface area contributed by atoms with Crippen LogP contribution in [0.25, 0.3) is 0 Å². The summed E-state index contributed by atoms with van der Waals surface area (Å²) in [4.78, 5) is 22.3. The van der Waals surface area contributed by atoms with E-state index in [0.29, 0.717) is 12.5 Å². The van der Waals surface area contributed by atoms with Gasteiger partial charge in [-0.1, -0.05) is 0 Å². The lowest BCUT2D eigenvalue weighted by molar-refractivity contribution is -0.146. The van der Waals surface area contributed by atoms with Crippen molar-refractivity contribution < 1.29 is 14.3 Å². The number of ketones is 1. The van der Waals surface area contributed by atoms with Gasteiger partial charge in [0.2, 0.25) is 0 Å². The molecule has 3 nitrogen and oxygen atoms in total. The molecule has 0 spiro atoms. The summed E-state index contributed by atoms with van der Waals surface area (Å²) in [7, 11) is 0. The molecule has 0 aromatic rings. The third-order valence-electron chi connectivity index (χ3n) is 2.53. The van der Waals surface area contributed by atoms with Crippen LogP contribution in [0.4, 0.5) is 0 Å². The van der Waals surface area contributed by atoms with Crippen LogP contribution < -0.4 is 0 Å². The molecular weight excluding hydrogens is 168 g/mol. The number of rotatable bonds is 5. The van der Waals surface area contributed by atoms with Crippen molar-refractivity contribution in [3.63, 3.8) is 0 Å². The molecule has 0 radical (unpaired) electrons. The lowest BCUT2D eigenvalue weighted by Crippen LogP contribution is -2.13. The van der Waals surface area contributed by atoms with E-state index in [1.807, 2.05) is 0 Å². The maximum absolute atomic E-state index is 11.2. The number of esters is 1. The highest BCUT2D eigenvalue weighted by Crippen LogP contribution is 2.31. The Morgan fingerprint density at radius 2 is 1.85 bits per heavy atom. The van der Waals surface area contributed by atoms with E-state index in [2.05, 4.69) is 0 Å². The van der Waals surface area contributed by atoms with Gasteiger partial charge in [0.1, 0.15) is 12.2 Å². The summed E-state index contributed by atoms with van der Waals surface area (Å²) >= 11 is 0. The van der Waals surface area contributed by atoms with E-state index in [-0.39, 0.29) is 24.1 Å². The Morgan fingerprint density at radius 3 is 2.38 bits per heavy atom. The molecular formula is C10H14O3. The summed E-state index contributed by atoms with van der Waals surface area (Å²) in [6, 6.07) is 0. The number of ether oxygens (including phenoxy) is 1. The van der Waals surface area contributed by atoms with Crippen molar-refractivity contribution in [2.45, 2.75) is 32.1 Å². The Bertz CT molecular complexity index is 226. The molecule has 0 amide bonds. The van der Waals surface area contributed by atoms with Gasteiger partial charge >= 0.3 is 5.97 Å². The van der Waals surface area contributed by atoms with Crippen molar-refractivity contribution in [2.75, 3.05) is 6.61 Å². The molecule has 0 atom stereocenters. The molecule has 0 saturated heterocycles. The minimum absolute atomic E-state index is 0.00259. The maximum Gasteiger partial charge on any atom is 0.313 e. The van der Waals surface area contributed by atoms with Crippen molar-refractivity contribution in [2.24, 2.45) is 11.8 Å². The minimum atomic E-state index is -0.330. The Kier molecular flexibility index (Phi) is 2.34. The van der Waals surface area contributed by atoms with Gasteiger partial charge in [0.25, 0.3) is 0 Å². The molecule has 3 heteroatoms. The largest absolute Gasteiger partial charge is 0.465 e. The van der Waals surface area contributed by atoms with Crippen LogP contribution in [0.2, 0.25) is 0 Å². The van der Waals surface area contributed by atoms with E-state index in [9.17, 15) is 9.59 Å². The zero-order chi connectivity index (χ0) is 9.26. The third kappa shape index (κ3) is 2.83. The minimum Gasteiger partial charge on any atom is -0.465 e. The van der Waals surface area contributed by atoms with Gasteiger partial charge in [-0.3, -0.25) is 9.59 Å². The molecule has 0 aromatic heterocycles. The second-order valence-corrected chi connectivity index (χ2v) is 4.04. The topological polar surface area (TPSA) is 43.4 Å². The molecule has 0 aliphatic heterocycles. The normalized spacial score (nSPS) is 21.2. The van der Waals surface area contributed by atoms with Gasteiger partial charge in [-0.15, -0.1) is 0 Å². The molecule has 2 aliphatic rings. The van der Waals surface area contributed by atoms with Gasteiger partial charge in [-0.05, 0) is 31.6 Å². The Labute approximate surface area is 77.4 Å². The molecule has 2 fully saturated rings. The average Bonchev–Trinajstić information content (AvgIpc) is 2.93. The molecule has 2 saturated carbocycles. The van der Waals surface area contributed by atoms with E-state index in [4.69, 9.17) is 4.74 Å². The first-order valence-corrected chi connectivity index (χ1v) is 4.94. The highest BCUT2D eigenvalue weighted by molar-refractivity contribution is 5.97. The van der Waals surface area contributed by atoms with Crippen LogP contribution in [0.3, 0.4) is 0 Å². The quantitative estimate of drug-likeness (QED) is 0.475. The predicted octanol–water partition coefficient (Wildman–Crippen LogP) is 1.31. The monoisotopic (exact) mass is 182 g/mol. The summed E-state index contributed by atoms with van der Waals surface area (Å²) in [6.07, 6.45) is 4.27. The molecule has 0 bridgehead atoms. The summed E-state index contributed by atoms with van der Waals surface area (Å²) < 4.78 is 4.95. The molecule has 2 rings (SSSR count). The van der Waals surface area contributed by atoms with Gasteiger partial charge in [0.15, 0.2) is 0 Å². The summed E-state index contributed by atoms with van der Waals surface area (Å²) in [5, 5.41) is 0. The Balaban J connectivity index is 1.61. The summed E-state index contributed by atoms with van der Waals surface area (Å²) in [6.45, 7) is 0.525. The fraction of sp³-hybridized carbons (Fsp3) is 0.800. The molecule has 0 aromatic carbocycles. The lowest BCUT2D eigenvalue weighted by atomic mass is 10.2. The number of Topliss-reactive ketones (excluding diaryl/α,β-unsaturated/α-hetero) is 1. The average molecular weight is 182 g/mol. The number of hydrogen-bond donors (Lipinski definition) is 0. The van der Waals surface area contributed by atoms with Crippen LogP contribution in [-0.2, 0) is 14.3 Å². The van der Waals surface area contributed by atoms with E-state index in [1.165, 1.54) is 12.8 Å². The predicted molar refractivity (Wildman–Crippen MR) is 46.0 cm³/mol. The van der Waals surface area contributed by atoms with E-state index >= 15 is 0 Å². The SMILES string of the molecule is O=C(CC(=O)C1CC1)OCC1CC1. The fourth-order valence-corrected chi connectivity index (χ4v) is 1.24. The molecule has 0 unspecified atom stereocenters. The highest BCUT2D eigenvalue weighted by Gasteiger charge is 2.31. The molecule has 2 aliphatic carbocycles. The molecule has 0 N–H and O–H groups in total.